The summed E-state index contributed by atoms with van der Waals surface area (Å²) >= 11 is 0. The van der Waals surface area contributed by atoms with Crippen molar-refractivity contribution in [3.8, 4) is 0 Å². The van der Waals surface area contributed by atoms with Gasteiger partial charge in [-0.25, -0.2) is 0 Å². The minimum absolute atomic E-state index is 0.119. The molecule has 9 heteroatoms. The highest BCUT2D eigenvalue weighted by atomic mass is 16.5. The number of guanidine groups is 1. The first-order valence-corrected chi connectivity index (χ1v) is 11.4. The third-order valence-electron chi connectivity index (χ3n) is 6.07. The molecule has 2 fully saturated rings. The lowest BCUT2D eigenvalue weighted by molar-refractivity contribution is -0.140. The predicted molar refractivity (Wildman–Crippen MR) is 116 cm³/mol. The number of rotatable bonds is 7. The van der Waals surface area contributed by atoms with E-state index in [1.54, 1.807) is 6.33 Å². The molecular formula is C21H37N7O2. The van der Waals surface area contributed by atoms with E-state index < -0.39 is 0 Å². The van der Waals surface area contributed by atoms with Gasteiger partial charge in [0.2, 0.25) is 5.91 Å². The second-order valence-corrected chi connectivity index (χ2v) is 8.15. The third kappa shape index (κ3) is 5.93. The zero-order valence-corrected chi connectivity index (χ0v) is 18.7. The lowest BCUT2D eigenvalue weighted by Crippen LogP contribution is -2.51. The van der Waals surface area contributed by atoms with Crippen LogP contribution in [0.25, 0.3) is 0 Å². The average molecular weight is 420 g/mol. The van der Waals surface area contributed by atoms with Gasteiger partial charge in [-0.3, -0.25) is 9.79 Å². The van der Waals surface area contributed by atoms with Crippen molar-refractivity contribution >= 4 is 11.9 Å². The molecule has 2 aliphatic rings. The van der Waals surface area contributed by atoms with Crippen LogP contribution in [0.1, 0.15) is 45.9 Å². The van der Waals surface area contributed by atoms with Crippen LogP contribution in [0, 0.1) is 5.92 Å². The maximum Gasteiger partial charge on any atom is 0.225 e. The minimum Gasteiger partial charge on any atom is -0.378 e. The van der Waals surface area contributed by atoms with Gasteiger partial charge in [-0.2, -0.15) is 0 Å². The van der Waals surface area contributed by atoms with Crippen molar-refractivity contribution in [3.63, 3.8) is 0 Å². The van der Waals surface area contributed by atoms with Gasteiger partial charge in [-0.05, 0) is 26.2 Å². The standard InChI is InChI=1S/C21H37N7O2/c1-4-17(3)24-21(22-8-11-28-16-23-25-19(28)5-2)27-9-6-18(7-10-27)20(29)26-12-14-30-15-13-26/h16-18H,4-15H2,1-3H3,(H,22,24). The molecule has 0 aromatic carbocycles. The summed E-state index contributed by atoms with van der Waals surface area (Å²) in [5.41, 5.74) is 0. The van der Waals surface area contributed by atoms with Crippen LogP contribution in [0.5, 0.6) is 0 Å². The first-order valence-electron chi connectivity index (χ1n) is 11.4. The lowest BCUT2D eigenvalue weighted by atomic mass is 9.95. The second-order valence-electron chi connectivity index (χ2n) is 8.15. The van der Waals surface area contributed by atoms with E-state index in [2.05, 4.69) is 45.8 Å². The molecule has 0 aliphatic carbocycles. The number of carbonyl (C=O) groups is 1. The number of aryl methyl sites for hydroxylation is 1. The van der Waals surface area contributed by atoms with Crippen molar-refractivity contribution in [1.29, 1.82) is 0 Å². The summed E-state index contributed by atoms with van der Waals surface area (Å²) in [6.07, 6.45) is 5.44. The van der Waals surface area contributed by atoms with Gasteiger partial charge in [0.15, 0.2) is 5.96 Å². The summed E-state index contributed by atoms with van der Waals surface area (Å²) < 4.78 is 7.44. The van der Waals surface area contributed by atoms with Crippen molar-refractivity contribution in [2.75, 3.05) is 45.9 Å². The molecule has 2 saturated heterocycles. The molecule has 3 rings (SSSR count). The van der Waals surface area contributed by atoms with Gasteiger partial charge in [0.05, 0.1) is 19.8 Å². The first kappa shape index (κ1) is 22.5. The molecule has 0 bridgehead atoms. The molecule has 1 atom stereocenters. The molecule has 9 nitrogen and oxygen atoms in total. The number of aromatic nitrogens is 3. The van der Waals surface area contributed by atoms with Crippen LogP contribution in [-0.4, -0.2) is 88.4 Å². The van der Waals surface area contributed by atoms with Crippen LogP contribution in [0.2, 0.25) is 0 Å². The van der Waals surface area contributed by atoms with Crippen molar-refractivity contribution in [3.05, 3.63) is 12.2 Å². The maximum absolute atomic E-state index is 12.8. The van der Waals surface area contributed by atoms with E-state index in [1.807, 2.05) is 4.90 Å². The maximum atomic E-state index is 12.8. The second kappa shape index (κ2) is 11.3. The average Bonchev–Trinajstić information content (AvgIpc) is 3.26. The van der Waals surface area contributed by atoms with Crippen molar-refractivity contribution in [2.24, 2.45) is 10.9 Å². The number of nitrogens with zero attached hydrogens (tertiary/aromatic N) is 6. The molecule has 1 N–H and O–H groups in total. The van der Waals surface area contributed by atoms with Gasteiger partial charge in [0.1, 0.15) is 12.2 Å². The Labute approximate surface area is 179 Å². The van der Waals surface area contributed by atoms with Crippen LogP contribution in [-0.2, 0) is 22.5 Å². The fraction of sp³-hybridized carbons (Fsp3) is 0.810. The Bertz CT molecular complexity index is 691. The lowest BCUT2D eigenvalue weighted by Gasteiger charge is -2.37. The summed E-state index contributed by atoms with van der Waals surface area (Å²) in [4.78, 5) is 22.0. The van der Waals surface area contributed by atoms with Crippen molar-refractivity contribution in [2.45, 2.75) is 59.0 Å². The van der Waals surface area contributed by atoms with E-state index in [4.69, 9.17) is 9.73 Å². The Morgan fingerprint density at radius 2 is 1.97 bits per heavy atom. The molecule has 1 aromatic rings. The largest absolute Gasteiger partial charge is 0.378 e. The number of piperidine rings is 1. The Balaban J connectivity index is 1.56. The molecule has 30 heavy (non-hydrogen) atoms. The number of amides is 1. The number of nitrogens with one attached hydrogen (secondary N) is 1. The van der Waals surface area contributed by atoms with Crippen LogP contribution < -0.4 is 5.32 Å². The number of aliphatic imine (C=N–C) groups is 1. The molecule has 0 radical (unpaired) electrons. The van der Waals surface area contributed by atoms with Gasteiger partial charge < -0.3 is 24.4 Å². The molecule has 1 unspecified atom stereocenters. The highest BCUT2D eigenvalue weighted by molar-refractivity contribution is 5.82. The first-order chi connectivity index (χ1) is 14.6. The van der Waals surface area contributed by atoms with Crippen LogP contribution in [0.3, 0.4) is 0 Å². The van der Waals surface area contributed by atoms with Gasteiger partial charge in [-0.15, -0.1) is 10.2 Å². The Hall–Kier alpha value is -2.16. The highest BCUT2D eigenvalue weighted by Crippen LogP contribution is 2.20. The summed E-state index contributed by atoms with van der Waals surface area (Å²) in [6.45, 7) is 12.4. The van der Waals surface area contributed by atoms with E-state index in [9.17, 15) is 4.79 Å². The summed E-state index contributed by atoms with van der Waals surface area (Å²) in [7, 11) is 0. The van der Waals surface area contributed by atoms with Gasteiger partial charge in [0.25, 0.3) is 0 Å². The summed E-state index contributed by atoms with van der Waals surface area (Å²) in [5.74, 6) is 2.36. The van der Waals surface area contributed by atoms with Gasteiger partial charge in [0, 0.05) is 51.1 Å². The molecule has 0 spiro atoms. The topological polar surface area (TPSA) is 87.9 Å². The summed E-state index contributed by atoms with van der Waals surface area (Å²) in [6, 6.07) is 0.359. The van der Waals surface area contributed by atoms with E-state index in [0.29, 0.717) is 31.7 Å². The quantitative estimate of drug-likeness (QED) is 0.527. The number of ether oxygens (including phenoxy) is 1. The predicted octanol–water partition coefficient (Wildman–Crippen LogP) is 1.16. The molecule has 3 heterocycles. The number of likely N-dealkylation sites (tertiary alicyclic amines) is 1. The van der Waals surface area contributed by atoms with Crippen LogP contribution in [0.4, 0.5) is 0 Å². The Kier molecular flexibility index (Phi) is 8.48. The third-order valence-corrected chi connectivity index (χ3v) is 6.07. The zero-order chi connectivity index (χ0) is 21.3. The van der Waals surface area contributed by atoms with E-state index >= 15 is 0 Å². The summed E-state index contributed by atoms with van der Waals surface area (Å²) in [5, 5.41) is 11.7. The molecular weight excluding hydrogens is 382 g/mol. The number of hydrogen-bond acceptors (Lipinski definition) is 5. The van der Waals surface area contributed by atoms with Crippen molar-refractivity contribution < 1.29 is 9.53 Å². The van der Waals surface area contributed by atoms with Gasteiger partial charge in [-0.1, -0.05) is 13.8 Å². The normalized spacial score (nSPS) is 19.8. The van der Waals surface area contributed by atoms with Gasteiger partial charge >= 0.3 is 0 Å². The Morgan fingerprint density at radius 3 is 2.63 bits per heavy atom. The van der Waals surface area contributed by atoms with Crippen molar-refractivity contribution in [1.82, 2.24) is 29.9 Å². The fourth-order valence-corrected chi connectivity index (χ4v) is 3.94. The number of morpholine rings is 1. The fourth-order valence-electron chi connectivity index (χ4n) is 3.94. The number of carbonyl (C=O) groups excluding carboxylic acids is 1. The molecule has 2 aliphatic heterocycles. The van der Waals surface area contributed by atoms with E-state index in [1.165, 1.54) is 0 Å². The molecule has 1 amide bonds. The molecule has 0 saturated carbocycles. The molecule has 1 aromatic heterocycles. The Morgan fingerprint density at radius 1 is 1.23 bits per heavy atom. The smallest absolute Gasteiger partial charge is 0.225 e. The van der Waals surface area contributed by atoms with Crippen LogP contribution >= 0.6 is 0 Å². The zero-order valence-electron chi connectivity index (χ0n) is 18.7. The van der Waals surface area contributed by atoms with Crippen LogP contribution in [0.15, 0.2) is 11.3 Å². The molecule has 168 valence electrons. The highest BCUT2D eigenvalue weighted by Gasteiger charge is 2.30. The SMILES string of the molecule is CCc1nncn1CCN=C(NC(C)CC)N1CCC(C(=O)N2CCOCC2)CC1. The monoisotopic (exact) mass is 419 g/mol. The minimum atomic E-state index is 0.119. The van der Waals surface area contributed by atoms with E-state index in [-0.39, 0.29) is 5.92 Å². The van der Waals surface area contributed by atoms with E-state index in [0.717, 1.165) is 70.2 Å². The number of hydrogen-bond donors (Lipinski definition) is 1.